The van der Waals surface area contributed by atoms with E-state index in [1.165, 1.54) is 25.7 Å². The molecule has 1 aromatic carbocycles. The number of nitrogens with zero attached hydrogens (tertiary/aromatic N) is 1. The molecule has 158 valence electrons. The van der Waals surface area contributed by atoms with E-state index in [4.69, 9.17) is 0 Å². The molecule has 0 spiro atoms. The molecule has 2 N–H and O–H groups in total. The van der Waals surface area contributed by atoms with Gasteiger partial charge in [0.15, 0.2) is 0 Å². The van der Waals surface area contributed by atoms with Crippen molar-refractivity contribution in [3.63, 3.8) is 0 Å². The third-order valence-corrected chi connectivity index (χ3v) is 7.96. The number of benzene rings is 1. The Hall–Kier alpha value is -1.90. The number of likely N-dealkylation sites (tertiary alicyclic amines) is 1. The molecule has 0 saturated carbocycles. The van der Waals surface area contributed by atoms with Crippen molar-refractivity contribution in [2.75, 3.05) is 24.4 Å². The highest BCUT2D eigenvalue weighted by atomic mass is 32.2. The van der Waals surface area contributed by atoms with Crippen LogP contribution in [0.25, 0.3) is 0 Å². The molecule has 3 rings (SSSR count). The maximum absolute atomic E-state index is 12.6. The number of amides is 1. The van der Waals surface area contributed by atoms with Gasteiger partial charge in [0, 0.05) is 23.8 Å². The third-order valence-electron chi connectivity index (χ3n) is 5.18. The first-order valence-corrected chi connectivity index (χ1v) is 12.5. The van der Waals surface area contributed by atoms with Gasteiger partial charge >= 0.3 is 0 Å². The van der Waals surface area contributed by atoms with Crippen molar-refractivity contribution in [2.45, 2.75) is 49.3 Å². The van der Waals surface area contributed by atoms with Crippen LogP contribution in [0.4, 0.5) is 5.69 Å². The fourth-order valence-corrected chi connectivity index (χ4v) is 5.65. The number of sulfonamides is 1. The van der Waals surface area contributed by atoms with Gasteiger partial charge in [-0.3, -0.25) is 14.4 Å². The average molecular weight is 436 g/mol. The molecule has 0 bridgehead atoms. The van der Waals surface area contributed by atoms with Crippen LogP contribution < -0.4 is 10.0 Å². The van der Waals surface area contributed by atoms with Crippen LogP contribution in [0, 0.1) is 0 Å². The molecule has 29 heavy (non-hydrogen) atoms. The molecule has 1 aromatic heterocycles. The number of nitrogens with one attached hydrogen (secondary N) is 2. The third kappa shape index (κ3) is 6.04. The molecule has 1 unspecified atom stereocenters. The summed E-state index contributed by atoms with van der Waals surface area (Å²) in [5.41, 5.74) is 0.834. The monoisotopic (exact) mass is 435 g/mol. The molecule has 2 heterocycles. The first-order valence-electron chi connectivity index (χ1n) is 10.2. The van der Waals surface area contributed by atoms with Gasteiger partial charge < -0.3 is 5.32 Å². The lowest BCUT2D eigenvalue weighted by Gasteiger charge is -2.35. The number of carbonyl (C=O) groups is 1. The van der Waals surface area contributed by atoms with E-state index >= 15 is 0 Å². The summed E-state index contributed by atoms with van der Waals surface area (Å²) in [5.74, 6) is -0.178. The van der Waals surface area contributed by atoms with Crippen LogP contribution in [0.15, 0.2) is 46.0 Å². The quantitative estimate of drug-likeness (QED) is 0.625. The van der Waals surface area contributed by atoms with E-state index < -0.39 is 10.0 Å². The minimum atomic E-state index is -3.63. The van der Waals surface area contributed by atoms with Crippen LogP contribution in [0.2, 0.25) is 0 Å². The molecule has 1 atom stereocenters. The van der Waals surface area contributed by atoms with E-state index in [0.29, 0.717) is 23.8 Å². The summed E-state index contributed by atoms with van der Waals surface area (Å²) in [6, 6.07) is 10.2. The van der Waals surface area contributed by atoms with Crippen molar-refractivity contribution in [2.24, 2.45) is 0 Å². The summed E-state index contributed by atoms with van der Waals surface area (Å²) in [6.07, 6.45) is 5.87. The molecule has 1 aliphatic heterocycles. The molecular weight excluding hydrogens is 406 g/mol. The van der Waals surface area contributed by atoms with Gasteiger partial charge in [-0.25, -0.2) is 8.42 Å². The van der Waals surface area contributed by atoms with E-state index in [9.17, 15) is 13.2 Å². The highest BCUT2D eigenvalue weighted by molar-refractivity contribution is 7.94. The Labute approximate surface area is 177 Å². The summed E-state index contributed by atoms with van der Waals surface area (Å²) in [4.78, 5) is 15.1. The Morgan fingerprint density at radius 3 is 2.86 bits per heavy atom. The second-order valence-electron chi connectivity index (χ2n) is 7.37. The SMILES string of the molecule is CCCCN1CCCCC1CNC(=O)c1cccc(NS(=O)(=O)c2cccs2)c1. The zero-order valence-electron chi connectivity index (χ0n) is 16.8. The van der Waals surface area contributed by atoms with Crippen LogP contribution in [0.5, 0.6) is 0 Å². The van der Waals surface area contributed by atoms with Gasteiger partial charge in [0.2, 0.25) is 0 Å². The van der Waals surface area contributed by atoms with Gasteiger partial charge in [-0.05, 0) is 62.0 Å². The molecule has 0 aliphatic carbocycles. The van der Waals surface area contributed by atoms with Crippen LogP contribution >= 0.6 is 11.3 Å². The van der Waals surface area contributed by atoms with Crippen molar-refractivity contribution in [1.29, 1.82) is 0 Å². The highest BCUT2D eigenvalue weighted by Crippen LogP contribution is 2.21. The summed E-state index contributed by atoms with van der Waals surface area (Å²) < 4.78 is 27.6. The summed E-state index contributed by atoms with van der Waals surface area (Å²) in [6.45, 7) is 4.99. The maximum atomic E-state index is 12.6. The zero-order chi connectivity index (χ0) is 20.7. The van der Waals surface area contributed by atoms with Crippen molar-refractivity contribution in [3.05, 3.63) is 47.3 Å². The topological polar surface area (TPSA) is 78.5 Å². The first-order chi connectivity index (χ1) is 14.0. The molecule has 6 nitrogen and oxygen atoms in total. The molecule has 1 saturated heterocycles. The number of hydrogen-bond acceptors (Lipinski definition) is 5. The smallest absolute Gasteiger partial charge is 0.271 e. The molecule has 1 aliphatic rings. The van der Waals surface area contributed by atoms with Crippen LogP contribution in [-0.4, -0.2) is 44.9 Å². The normalized spacial score (nSPS) is 17.8. The van der Waals surface area contributed by atoms with E-state index in [2.05, 4.69) is 21.9 Å². The van der Waals surface area contributed by atoms with E-state index in [1.54, 1.807) is 41.8 Å². The number of carbonyl (C=O) groups excluding carboxylic acids is 1. The lowest BCUT2D eigenvalue weighted by atomic mass is 10.0. The predicted molar refractivity (Wildman–Crippen MR) is 118 cm³/mol. The minimum Gasteiger partial charge on any atom is -0.350 e. The summed E-state index contributed by atoms with van der Waals surface area (Å²) >= 11 is 1.15. The molecule has 1 amide bonds. The fraction of sp³-hybridized carbons (Fsp3) is 0.476. The summed E-state index contributed by atoms with van der Waals surface area (Å²) in [5, 5.41) is 4.75. The van der Waals surface area contributed by atoms with E-state index in [-0.39, 0.29) is 10.1 Å². The minimum absolute atomic E-state index is 0.178. The molecule has 1 fully saturated rings. The molecule has 2 aromatic rings. The predicted octanol–water partition coefficient (Wildman–Crippen LogP) is 3.93. The van der Waals surface area contributed by atoms with Crippen molar-refractivity contribution in [1.82, 2.24) is 10.2 Å². The highest BCUT2D eigenvalue weighted by Gasteiger charge is 2.22. The van der Waals surface area contributed by atoms with Gasteiger partial charge in [0.05, 0.1) is 0 Å². The standard InChI is InChI=1S/C21H29N3O3S2/c1-2-3-12-24-13-5-4-10-19(24)16-22-21(25)17-8-6-9-18(15-17)23-29(26,27)20-11-7-14-28-20/h6-9,11,14-15,19,23H,2-5,10,12-13,16H2,1H3,(H,22,25). The van der Waals surface area contributed by atoms with Crippen molar-refractivity contribution in [3.8, 4) is 0 Å². The number of thiophene rings is 1. The van der Waals surface area contributed by atoms with Gasteiger partial charge in [-0.1, -0.05) is 31.9 Å². The summed E-state index contributed by atoms with van der Waals surface area (Å²) in [7, 11) is -3.63. The molecular formula is C21H29N3O3S2. The Kier molecular flexibility index (Phi) is 7.69. The maximum Gasteiger partial charge on any atom is 0.271 e. The van der Waals surface area contributed by atoms with E-state index in [1.807, 2.05) is 0 Å². The van der Waals surface area contributed by atoms with Gasteiger partial charge in [-0.2, -0.15) is 0 Å². The number of piperidine rings is 1. The molecule has 8 heteroatoms. The second-order valence-corrected chi connectivity index (χ2v) is 10.2. The van der Waals surface area contributed by atoms with Crippen molar-refractivity contribution < 1.29 is 13.2 Å². The van der Waals surface area contributed by atoms with Crippen LogP contribution in [0.3, 0.4) is 0 Å². The Bertz CT molecular complexity index is 898. The number of rotatable bonds is 9. The Morgan fingerprint density at radius 2 is 2.10 bits per heavy atom. The number of hydrogen-bond donors (Lipinski definition) is 2. The van der Waals surface area contributed by atoms with Gasteiger partial charge in [0.25, 0.3) is 15.9 Å². The van der Waals surface area contributed by atoms with Crippen LogP contribution in [-0.2, 0) is 10.0 Å². The Balaban J connectivity index is 1.60. The lowest BCUT2D eigenvalue weighted by Crippen LogP contribution is -2.47. The number of anilines is 1. The second kappa shape index (κ2) is 10.2. The van der Waals surface area contributed by atoms with Gasteiger partial charge in [0.1, 0.15) is 4.21 Å². The largest absolute Gasteiger partial charge is 0.350 e. The Morgan fingerprint density at radius 1 is 1.24 bits per heavy atom. The van der Waals surface area contributed by atoms with Crippen molar-refractivity contribution >= 4 is 33.0 Å². The number of unbranched alkanes of at least 4 members (excludes halogenated alkanes) is 1. The van der Waals surface area contributed by atoms with E-state index in [0.717, 1.165) is 30.8 Å². The fourth-order valence-electron chi connectivity index (χ4n) is 3.61. The molecule has 0 radical (unpaired) electrons. The van der Waals surface area contributed by atoms with Gasteiger partial charge in [-0.15, -0.1) is 11.3 Å². The zero-order valence-corrected chi connectivity index (χ0v) is 18.4. The average Bonchev–Trinajstić information content (AvgIpc) is 3.27. The first kappa shape index (κ1) is 21.8. The lowest BCUT2D eigenvalue weighted by molar-refractivity contribution is 0.0912. The van der Waals surface area contributed by atoms with Crippen LogP contribution in [0.1, 0.15) is 49.4 Å².